The van der Waals surface area contributed by atoms with Crippen molar-refractivity contribution in [3.63, 3.8) is 0 Å². The van der Waals surface area contributed by atoms with Crippen LogP contribution in [0.25, 0.3) is 0 Å². The van der Waals surface area contributed by atoms with Crippen LogP contribution in [0.3, 0.4) is 0 Å². The molecule has 1 aromatic rings. The second-order valence-electron chi connectivity index (χ2n) is 4.54. The van der Waals surface area contributed by atoms with Crippen LogP contribution in [0.4, 0.5) is 4.39 Å². The van der Waals surface area contributed by atoms with Crippen molar-refractivity contribution < 1.29 is 9.50 Å². The summed E-state index contributed by atoms with van der Waals surface area (Å²) < 4.78 is 14.3. The third-order valence-corrected chi connectivity index (χ3v) is 3.85. The highest BCUT2D eigenvalue weighted by Gasteiger charge is 2.24. The zero-order chi connectivity index (χ0) is 13.1. The summed E-state index contributed by atoms with van der Waals surface area (Å²) in [6.45, 7) is 5.78. The Balaban J connectivity index is 2.31. The standard InChI is InChI=1S/C13H18BrFN2O/c1-2-12(17-5-3-16-4-6-17)10-7-9(14)8-11(15)13(10)18/h7-8,12,16,18H,2-6H2,1H3/t12-/m1/s1. The van der Waals surface area contributed by atoms with Crippen molar-refractivity contribution in [2.75, 3.05) is 26.2 Å². The first-order valence-electron chi connectivity index (χ1n) is 6.26. The van der Waals surface area contributed by atoms with E-state index in [2.05, 4.69) is 33.1 Å². The van der Waals surface area contributed by atoms with E-state index in [0.717, 1.165) is 32.6 Å². The van der Waals surface area contributed by atoms with Crippen LogP contribution >= 0.6 is 15.9 Å². The predicted octanol–water partition coefficient (Wildman–Crippen LogP) is 2.65. The maximum absolute atomic E-state index is 13.6. The molecule has 1 atom stereocenters. The second-order valence-corrected chi connectivity index (χ2v) is 5.45. The molecule has 1 aliphatic rings. The number of phenolic OH excluding ortho intramolecular Hbond substituents is 1. The van der Waals surface area contributed by atoms with E-state index in [4.69, 9.17) is 0 Å². The molecule has 18 heavy (non-hydrogen) atoms. The molecule has 2 N–H and O–H groups in total. The van der Waals surface area contributed by atoms with Crippen molar-refractivity contribution in [1.29, 1.82) is 0 Å². The summed E-state index contributed by atoms with van der Waals surface area (Å²) in [7, 11) is 0. The van der Waals surface area contributed by atoms with Gasteiger partial charge in [-0.3, -0.25) is 4.90 Å². The molecule has 3 nitrogen and oxygen atoms in total. The summed E-state index contributed by atoms with van der Waals surface area (Å²) in [5.74, 6) is -0.781. The molecule has 0 aromatic heterocycles. The molecular formula is C13H18BrFN2O. The van der Waals surface area contributed by atoms with Crippen LogP contribution in [-0.4, -0.2) is 36.2 Å². The lowest BCUT2D eigenvalue weighted by atomic mass is 10.0. The quantitative estimate of drug-likeness (QED) is 0.900. The van der Waals surface area contributed by atoms with E-state index in [1.54, 1.807) is 0 Å². The van der Waals surface area contributed by atoms with E-state index < -0.39 is 5.82 Å². The molecule has 0 radical (unpaired) electrons. The Morgan fingerprint density at radius 3 is 2.72 bits per heavy atom. The highest BCUT2D eigenvalue weighted by molar-refractivity contribution is 9.10. The molecule has 1 saturated heterocycles. The number of hydrogen-bond donors (Lipinski definition) is 2. The summed E-state index contributed by atoms with van der Waals surface area (Å²) >= 11 is 3.29. The van der Waals surface area contributed by atoms with Gasteiger partial charge in [0.2, 0.25) is 0 Å². The van der Waals surface area contributed by atoms with Crippen LogP contribution in [-0.2, 0) is 0 Å². The van der Waals surface area contributed by atoms with Crippen molar-refractivity contribution in [3.8, 4) is 5.75 Å². The first-order chi connectivity index (χ1) is 8.63. The van der Waals surface area contributed by atoms with Gasteiger partial charge in [-0.15, -0.1) is 0 Å². The van der Waals surface area contributed by atoms with E-state index in [-0.39, 0.29) is 11.8 Å². The Morgan fingerprint density at radius 1 is 1.44 bits per heavy atom. The number of halogens is 2. The summed E-state index contributed by atoms with van der Waals surface area (Å²) in [4.78, 5) is 2.29. The van der Waals surface area contributed by atoms with Gasteiger partial charge in [-0.05, 0) is 18.6 Å². The van der Waals surface area contributed by atoms with Crippen LogP contribution in [0.2, 0.25) is 0 Å². The number of aromatic hydroxyl groups is 1. The molecule has 0 saturated carbocycles. The normalized spacial score (nSPS) is 18.8. The van der Waals surface area contributed by atoms with Gasteiger partial charge in [0.1, 0.15) is 0 Å². The van der Waals surface area contributed by atoms with Gasteiger partial charge < -0.3 is 10.4 Å². The Bertz CT molecular complexity index is 422. The summed E-state index contributed by atoms with van der Waals surface area (Å²) in [5.41, 5.74) is 0.672. The van der Waals surface area contributed by atoms with Crippen LogP contribution in [0.15, 0.2) is 16.6 Å². The molecular weight excluding hydrogens is 299 g/mol. The van der Waals surface area contributed by atoms with Crippen LogP contribution in [0, 0.1) is 5.82 Å². The Labute approximate surface area is 115 Å². The van der Waals surface area contributed by atoms with Gasteiger partial charge >= 0.3 is 0 Å². The lowest BCUT2D eigenvalue weighted by Gasteiger charge is -2.35. The van der Waals surface area contributed by atoms with E-state index in [1.165, 1.54) is 6.07 Å². The van der Waals surface area contributed by atoms with Crippen LogP contribution in [0.5, 0.6) is 5.75 Å². The minimum atomic E-state index is -0.562. The topological polar surface area (TPSA) is 35.5 Å². The van der Waals surface area contributed by atoms with Crippen LogP contribution < -0.4 is 5.32 Å². The van der Waals surface area contributed by atoms with Gasteiger partial charge in [-0.25, -0.2) is 4.39 Å². The summed E-state index contributed by atoms with van der Waals surface area (Å²) in [6.07, 6.45) is 0.851. The van der Waals surface area contributed by atoms with Gasteiger partial charge in [0.05, 0.1) is 0 Å². The maximum Gasteiger partial charge on any atom is 0.166 e. The number of benzene rings is 1. The van der Waals surface area contributed by atoms with Gasteiger partial charge in [0.15, 0.2) is 11.6 Å². The molecule has 5 heteroatoms. The first-order valence-corrected chi connectivity index (χ1v) is 7.05. The molecule has 0 aliphatic carbocycles. The number of phenols is 1. The Hall–Kier alpha value is -0.650. The minimum Gasteiger partial charge on any atom is -0.505 e. The number of nitrogens with zero attached hydrogens (tertiary/aromatic N) is 1. The molecule has 1 aliphatic heterocycles. The molecule has 100 valence electrons. The Morgan fingerprint density at radius 2 is 2.11 bits per heavy atom. The van der Waals surface area contributed by atoms with Crippen molar-refractivity contribution >= 4 is 15.9 Å². The molecule has 1 heterocycles. The molecule has 0 spiro atoms. The molecule has 0 unspecified atom stereocenters. The monoisotopic (exact) mass is 316 g/mol. The lowest BCUT2D eigenvalue weighted by molar-refractivity contribution is 0.166. The Kier molecular flexibility index (Phi) is 4.59. The van der Waals surface area contributed by atoms with Gasteiger partial charge in [-0.1, -0.05) is 22.9 Å². The molecule has 0 bridgehead atoms. The maximum atomic E-state index is 13.6. The number of piperazine rings is 1. The first kappa shape index (κ1) is 13.8. The lowest BCUT2D eigenvalue weighted by Crippen LogP contribution is -2.45. The average Bonchev–Trinajstić information content (AvgIpc) is 2.37. The van der Waals surface area contributed by atoms with Crippen molar-refractivity contribution in [2.45, 2.75) is 19.4 Å². The summed E-state index contributed by atoms with van der Waals surface area (Å²) in [5, 5.41) is 13.2. The SMILES string of the molecule is CC[C@H](c1cc(Br)cc(F)c1O)N1CCNCC1. The van der Waals surface area contributed by atoms with E-state index in [1.807, 2.05) is 6.07 Å². The summed E-state index contributed by atoms with van der Waals surface area (Å²) in [6, 6.07) is 3.18. The zero-order valence-electron chi connectivity index (χ0n) is 10.4. The van der Waals surface area contributed by atoms with Crippen molar-refractivity contribution in [3.05, 3.63) is 28.0 Å². The van der Waals surface area contributed by atoms with E-state index in [0.29, 0.717) is 10.0 Å². The number of nitrogens with one attached hydrogen (secondary N) is 1. The zero-order valence-corrected chi connectivity index (χ0v) is 12.0. The van der Waals surface area contributed by atoms with Crippen LogP contribution in [0.1, 0.15) is 24.9 Å². The third-order valence-electron chi connectivity index (χ3n) is 3.40. The molecule has 1 fully saturated rings. The minimum absolute atomic E-state index is 0.0686. The fraction of sp³-hybridized carbons (Fsp3) is 0.538. The third kappa shape index (κ3) is 2.84. The highest BCUT2D eigenvalue weighted by atomic mass is 79.9. The molecule has 2 rings (SSSR count). The fourth-order valence-electron chi connectivity index (χ4n) is 2.51. The van der Waals surface area contributed by atoms with Gasteiger partial charge in [0, 0.05) is 42.3 Å². The van der Waals surface area contributed by atoms with Gasteiger partial charge in [-0.2, -0.15) is 0 Å². The number of rotatable bonds is 3. The second kappa shape index (κ2) is 5.99. The molecule has 0 amide bonds. The fourth-order valence-corrected chi connectivity index (χ4v) is 2.96. The van der Waals surface area contributed by atoms with E-state index in [9.17, 15) is 9.50 Å². The van der Waals surface area contributed by atoms with Crippen molar-refractivity contribution in [2.24, 2.45) is 0 Å². The smallest absolute Gasteiger partial charge is 0.166 e. The highest BCUT2D eigenvalue weighted by Crippen LogP contribution is 2.35. The largest absolute Gasteiger partial charge is 0.505 e. The molecule has 1 aromatic carbocycles. The average molecular weight is 317 g/mol. The van der Waals surface area contributed by atoms with Gasteiger partial charge in [0.25, 0.3) is 0 Å². The number of hydrogen-bond acceptors (Lipinski definition) is 3. The van der Waals surface area contributed by atoms with Crippen molar-refractivity contribution in [1.82, 2.24) is 10.2 Å². The predicted molar refractivity (Wildman–Crippen MR) is 73.2 cm³/mol. The van der Waals surface area contributed by atoms with E-state index >= 15 is 0 Å².